The molecule has 1 aliphatic carbocycles. The zero-order chi connectivity index (χ0) is 16.7. The van der Waals surface area contributed by atoms with Crippen molar-refractivity contribution >= 4 is 28.8 Å². The molecule has 1 saturated carbocycles. The van der Waals surface area contributed by atoms with Crippen LogP contribution in [0.4, 0.5) is 4.79 Å². The van der Waals surface area contributed by atoms with E-state index in [0.717, 1.165) is 37.4 Å². The highest BCUT2D eigenvalue weighted by molar-refractivity contribution is 8.13. The predicted octanol–water partition coefficient (Wildman–Crippen LogP) is 2.04. The molecule has 0 bridgehead atoms. The second kappa shape index (κ2) is 8.57. The van der Waals surface area contributed by atoms with Crippen LogP contribution in [0.15, 0.2) is 29.2 Å². The summed E-state index contributed by atoms with van der Waals surface area (Å²) < 4.78 is 0. The number of hydrogen-bond acceptors (Lipinski definition) is 4. The second-order valence-corrected chi connectivity index (χ2v) is 6.50. The monoisotopic (exact) mass is 335 g/mol. The molecule has 124 valence electrons. The Balaban J connectivity index is 1.94. The van der Waals surface area contributed by atoms with Crippen LogP contribution in [0.3, 0.4) is 0 Å². The molecule has 0 aliphatic heterocycles. The van der Waals surface area contributed by atoms with E-state index in [4.69, 9.17) is 5.73 Å². The number of benzene rings is 1. The fourth-order valence-corrected chi connectivity index (χ4v) is 3.35. The lowest BCUT2D eigenvalue weighted by molar-refractivity contribution is -0.117. The minimum Gasteiger partial charge on any atom is -0.370 e. The summed E-state index contributed by atoms with van der Waals surface area (Å²) in [6, 6.07) is 7.16. The minimum atomic E-state index is -0.469. The van der Waals surface area contributed by atoms with Gasteiger partial charge >= 0.3 is 0 Å². The maximum absolute atomic E-state index is 12.2. The van der Waals surface area contributed by atoms with Gasteiger partial charge in [0.15, 0.2) is 0 Å². The average Bonchev–Trinajstić information content (AvgIpc) is 3.00. The van der Waals surface area contributed by atoms with E-state index in [1.54, 1.807) is 24.3 Å². The van der Waals surface area contributed by atoms with Crippen LogP contribution in [0.1, 0.15) is 42.5 Å². The fourth-order valence-electron chi connectivity index (χ4n) is 2.50. The lowest BCUT2D eigenvalue weighted by Gasteiger charge is -2.13. The normalized spacial score (nSPS) is 14.4. The molecule has 1 aromatic carbocycles. The van der Waals surface area contributed by atoms with Crippen molar-refractivity contribution in [1.82, 2.24) is 10.6 Å². The first-order chi connectivity index (χ1) is 11.1. The molecule has 0 unspecified atom stereocenters. The van der Waals surface area contributed by atoms with Gasteiger partial charge in [-0.1, -0.05) is 25.0 Å². The zero-order valence-electron chi connectivity index (χ0n) is 12.8. The quantitative estimate of drug-likeness (QED) is 0.692. The first-order valence-corrected chi connectivity index (χ1v) is 8.52. The van der Waals surface area contributed by atoms with Crippen LogP contribution in [0.5, 0.6) is 0 Å². The first-order valence-electron chi connectivity index (χ1n) is 7.70. The van der Waals surface area contributed by atoms with E-state index < -0.39 is 5.91 Å². The Morgan fingerprint density at radius 1 is 1.17 bits per heavy atom. The highest BCUT2D eigenvalue weighted by atomic mass is 32.2. The van der Waals surface area contributed by atoms with Crippen LogP contribution in [0.2, 0.25) is 0 Å². The number of nitrogens with two attached hydrogens (primary N) is 1. The van der Waals surface area contributed by atoms with Gasteiger partial charge in [-0.15, -0.1) is 0 Å². The number of nitrogens with one attached hydrogen (secondary N) is 2. The molecule has 0 spiro atoms. The zero-order valence-corrected chi connectivity index (χ0v) is 13.7. The third-order valence-corrected chi connectivity index (χ3v) is 4.55. The molecule has 0 atom stereocenters. The molecule has 0 radical (unpaired) electrons. The van der Waals surface area contributed by atoms with Gasteiger partial charge in [-0.25, -0.2) is 0 Å². The molecule has 1 fully saturated rings. The predicted molar refractivity (Wildman–Crippen MR) is 89.2 cm³/mol. The van der Waals surface area contributed by atoms with Crippen LogP contribution in [-0.4, -0.2) is 29.6 Å². The second-order valence-electron chi connectivity index (χ2n) is 5.48. The first kappa shape index (κ1) is 17.3. The molecule has 2 rings (SSSR count). The standard InChI is InChI=1S/C16H21N3O3S/c17-14(20)9-10-18-15(21)12-7-3-4-8-13(12)23-16(22)19-11-5-1-2-6-11/h3-4,7-8,11H,1-2,5-6,9-10H2,(H2,17,20)(H,18,21)(H,19,22). The topological polar surface area (TPSA) is 101 Å². The summed E-state index contributed by atoms with van der Waals surface area (Å²) in [5, 5.41) is 5.47. The molecule has 3 amide bonds. The van der Waals surface area contributed by atoms with Crippen molar-refractivity contribution < 1.29 is 14.4 Å². The summed E-state index contributed by atoms with van der Waals surface area (Å²) in [6.45, 7) is 0.182. The highest BCUT2D eigenvalue weighted by Gasteiger charge is 2.19. The molecule has 23 heavy (non-hydrogen) atoms. The van der Waals surface area contributed by atoms with Gasteiger partial charge in [-0.2, -0.15) is 0 Å². The van der Waals surface area contributed by atoms with E-state index >= 15 is 0 Å². The number of thioether (sulfide) groups is 1. The van der Waals surface area contributed by atoms with Gasteiger partial charge in [-0.3, -0.25) is 14.4 Å². The van der Waals surface area contributed by atoms with Crippen LogP contribution in [-0.2, 0) is 4.79 Å². The Labute approximate surface area is 139 Å². The average molecular weight is 335 g/mol. The number of amides is 3. The highest BCUT2D eigenvalue weighted by Crippen LogP contribution is 2.25. The summed E-state index contributed by atoms with van der Waals surface area (Å²) in [5.41, 5.74) is 5.46. The number of carbonyl (C=O) groups is 3. The third kappa shape index (κ3) is 5.59. The molecule has 6 nitrogen and oxygen atoms in total. The summed E-state index contributed by atoms with van der Waals surface area (Å²) >= 11 is 1.02. The van der Waals surface area contributed by atoms with Gasteiger partial charge in [0.2, 0.25) is 5.91 Å². The Kier molecular flexibility index (Phi) is 6.46. The Hall–Kier alpha value is -2.02. The SMILES string of the molecule is NC(=O)CCNC(=O)c1ccccc1SC(=O)NC1CCCC1. The summed E-state index contributed by atoms with van der Waals surface area (Å²) in [7, 11) is 0. The van der Waals surface area contributed by atoms with Crippen molar-refractivity contribution in [2.24, 2.45) is 5.73 Å². The number of rotatable bonds is 6. The van der Waals surface area contributed by atoms with Gasteiger partial charge in [0.1, 0.15) is 0 Å². The van der Waals surface area contributed by atoms with Gasteiger partial charge < -0.3 is 16.4 Å². The van der Waals surface area contributed by atoms with E-state index in [0.29, 0.717) is 10.5 Å². The van der Waals surface area contributed by atoms with Crippen molar-refractivity contribution in [3.8, 4) is 0 Å². The van der Waals surface area contributed by atoms with E-state index in [9.17, 15) is 14.4 Å². The third-order valence-electron chi connectivity index (χ3n) is 3.67. The Morgan fingerprint density at radius 2 is 1.87 bits per heavy atom. The molecule has 7 heteroatoms. The van der Waals surface area contributed by atoms with E-state index in [1.807, 2.05) is 0 Å². The summed E-state index contributed by atoms with van der Waals surface area (Å²) in [6.07, 6.45) is 4.41. The molecule has 0 heterocycles. The molecular formula is C16H21N3O3S. The van der Waals surface area contributed by atoms with E-state index in [2.05, 4.69) is 10.6 Å². The van der Waals surface area contributed by atoms with Crippen LogP contribution in [0.25, 0.3) is 0 Å². The van der Waals surface area contributed by atoms with Crippen LogP contribution in [0, 0.1) is 0 Å². The number of hydrogen-bond donors (Lipinski definition) is 3. The van der Waals surface area contributed by atoms with Crippen LogP contribution >= 0.6 is 11.8 Å². The molecular weight excluding hydrogens is 314 g/mol. The van der Waals surface area contributed by atoms with Crippen molar-refractivity contribution in [2.45, 2.75) is 43.0 Å². The van der Waals surface area contributed by atoms with Crippen molar-refractivity contribution in [1.29, 1.82) is 0 Å². The van der Waals surface area contributed by atoms with Crippen LogP contribution < -0.4 is 16.4 Å². The van der Waals surface area contributed by atoms with Gasteiger partial charge in [0, 0.05) is 23.9 Å². The summed E-state index contributed by atoms with van der Waals surface area (Å²) in [5.74, 6) is -0.785. The minimum absolute atomic E-state index is 0.0865. The summed E-state index contributed by atoms with van der Waals surface area (Å²) in [4.78, 5) is 35.6. The molecule has 0 saturated heterocycles. The van der Waals surface area contributed by atoms with E-state index in [-0.39, 0.29) is 30.2 Å². The number of carbonyl (C=O) groups excluding carboxylic acids is 3. The van der Waals surface area contributed by atoms with Crippen molar-refractivity contribution in [3.05, 3.63) is 29.8 Å². The molecule has 4 N–H and O–H groups in total. The molecule has 1 aromatic rings. The molecule has 1 aliphatic rings. The number of primary amides is 1. The maximum Gasteiger partial charge on any atom is 0.284 e. The Bertz CT molecular complexity index is 586. The lowest BCUT2D eigenvalue weighted by atomic mass is 10.2. The lowest BCUT2D eigenvalue weighted by Crippen LogP contribution is -2.30. The smallest absolute Gasteiger partial charge is 0.284 e. The van der Waals surface area contributed by atoms with Gasteiger partial charge in [-0.05, 0) is 36.7 Å². The van der Waals surface area contributed by atoms with Crippen molar-refractivity contribution in [3.63, 3.8) is 0 Å². The van der Waals surface area contributed by atoms with E-state index in [1.165, 1.54) is 0 Å². The maximum atomic E-state index is 12.2. The van der Waals surface area contributed by atoms with Crippen molar-refractivity contribution in [2.75, 3.05) is 6.54 Å². The molecule has 0 aromatic heterocycles. The fraction of sp³-hybridized carbons (Fsp3) is 0.438. The Morgan fingerprint density at radius 3 is 2.57 bits per heavy atom. The van der Waals surface area contributed by atoms with Gasteiger partial charge in [0.05, 0.1) is 5.56 Å². The van der Waals surface area contributed by atoms with Gasteiger partial charge in [0.25, 0.3) is 11.1 Å². The largest absolute Gasteiger partial charge is 0.370 e.